The van der Waals surface area contributed by atoms with Crippen molar-refractivity contribution in [2.45, 2.75) is 26.3 Å². The summed E-state index contributed by atoms with van der Waals surface area (Å²) in [7, 11) is 0. The third kappa shape index (κ3) is 5.13. The van der Waals surface area contributed by atoms with Gasteiger partial charge in [-0.25, -0.2) is 0 Å². The van der Waals surface area contributed by atoms with E-state index >= 15 is 0 Å². The number of carbonyl (C=O) groups excluding carboxylic acids is 3. The summed E-state index contributed by atoms with van der Waals surface area (Å²) in [5.41, 5.74) is 4.83. The molecule has 0 radical (unpaired) electrons. The number of nitrogens with two attached hydrogens (primary N) is 1. The fourth-order valence-electron chi connectivity index (χ4n) is 0.736. The van der Waals surface area contributed by atoms with Crippen molar-refractivity contribution < 1.29 is 14.4 Å². The second-order valence-electron chi connectivity index (χ2n) is 2.83. The topological polar surface area (TPSA) is 101 Å². The van der Waals surface area contributed by atoms with Crippen LogP contribution in [0.25, 0.3) is 0 Å². The quantitative estimate of drug-likeness (QED) is 0.504. The highest BCUT2D eigenvalue weighted by Crippen LogP contribution is 1.84. The van der Waals surface area contributed by atoms with Gasteiger partial charge in [-0.2, -0.15) is 0 Å². The first kappa shape index (κ1) is 12.4. The normalized spacial score (nSPS) is 11.6. The Morgan fingerprint density at radius 3 is 2.36 bits per heavy atom. The van der Waals surface area contributed by atoms with E-state index in [0.29, 0.717) is 6.42 Å². The highest BCUT2D eigenvalue weighted by Gasteiger charge is 2.14. The van der Waals surface area contributed by atoms with E-state index in [9.17, 15) is 14.4 Å². The van der Waals surface area contributed by atoms with Crippen molar-refractivity contribution >= 4 is 17.7 Å². The van der Waals surface area contributed by atoms with E-state index in [2.05, 4.69) is 10.6 Å². The minimum absolute atomic E-state index is 0.216. The van der Waals surface area contributed by atoms with Gasteiger partial charge in [0.15, 0.2) is 0 Å². The number of amides is 3. The molecule has 0 aromatic heterocycles. The first-order valence-corrected chi connectivity index (χ1v) is 4.32. The Morgan fingerprint density at radius 1 is 1.36 bits per heavy atom. The van der Waals surface area contributed by atoms with E-state index in [-0.39, 0.29) is 12.5 Å². The van der Waals surface area contributed by atoms with E-state index in [1.165, 1.54) is 6.92 Å². The van der Waals surface area contributed by atoms with E-state index in [1.807, 2.05) is 0 Å². The smallest absolute Gasteiger partial charge is 0.242 e. The average molecular weight is 201 g/mol. The Balaban J connectivity index is 3.87. The van der Waals surface area contributed by atoms with Gasteiger partial charge in [-0.05, 0) is 6.92 Å². The van der Waals surface area contributed by atoms with Crippen molar-refractivity contribution in [1.29, 1.82) is 0 Å². The van der Waals surface area contributed by atoms with Crippen LogP contribution in [-0.2, 0) is 14.4 Å². The zero-order chi connectivity index (χ0) is 11.1. The van der Waals surface area contributed by atoms with Crippen LogP contribution in [0.1, 0.15) is 20.3 Å². The molecule has 6 nitrogen and oxygen atoms in total. The summed E-state index contributed by atoms with van der Waals surface area (Å²) < 4.78 is 0. The first-order valence-electron chi connectivity index (χ1n) is 4.32. The molecule has 0 saturated heterocycles. The monoisotopic (exact) mass is 201 g/mol. The van der Waals surface area contributed by atoms with Crippen molar-refractivity contribution in [1.82, 2.24) is 10.6 Å². The highest BCUT2D eigenvalue weighted by atomic mass is 16.2. The molecule has 0 bridgehead atoms. The molecule has 80 valence electrons. The Kier molecular flexibility index (Phi) is 5.28. The summed E-state index contributed by atoms with van der Waals surface area (Å²) in [6.45, 7) is 3.00. The molecule has 0 fully saturated rings. The Hall–Kier alpha value is -1.59. The van der Waals surface area contributed by atoms with Crippen LogP contribution in [0.4, 0.5) is 0 Å². The van der Waals surface area contributed by atoms with Crippen LogP contribution in [0.5, 0.6) is 0 Å². The Bertz CT molecular complexity index is 240. The summed E-state index contributed by atoms with van der Waals surface area (Å²) in [5, 5.41) is 4.73. The lowest BCUT2D eigenvalue weighted by molar-refractivity contribution is -0.129. The summed E-state index contributed by atoms with van der Waals surface area (Å²) in [6.07, 6.45) is 0.313. The average Bonchev–Trinajstić information content (AvgIpc) is 2.13. The second kappa shape index (κ2) is 5.95. The van der Waals surface area contributed by atoms with Crippen LogP contribution in [0.3, 0.4) is 0 Å². The summed E-state index contributed by atoms with van der Waals surface area (Å²) in [4.78, 5) is 32.4. The Morgan fingerprint density at radius 2 is 1.93 bits per heavy atom. The van der Waals surface area contributed by atoms with Gasteiger partial charge < -0.3 is 16.4 Å². The molecule has 0 spiro atoms. The van der Waals surface area contributed by atoms with Gasteiger partial charge in [-0.1, -0.05) is 6.92 Å². The van der Waals surface area contributed by atoms with Gasteiger partial charge in [0.05, 0.1) is 6.54 Å². The SMILES string of the molecule is CCC(=O)N[C@@H](C)C(=O)NCC(N)=O. The molecule has 0 unspecified atom stereocenters. The van der Waals surface area contributed by atoms with Crippen LogP contribution < -0.4 is 16.4 Å². The minimum Gasteiger partial charge on any atom is -0.368 e. The predicted octanol–water partition coefficient (Wildman–Crippen LogP) is -1.50. The molecular weight excluding hydrogens is 186 g/mol. The molecule has 0 aliphatic carbocycles. The molecule has 14 heavy (non-hydrogen) atoms. The van der Waals surface area contributed by atoms with Crippen LogP contribution in [0.15, 0.2) is 0 Å². The number of hydrogen-bond donors (Lipinski definition) is 3. The summed E-state index contributed by atoms with van der Waals surface area (Å²) >= 11 is 0. The molecule has 0 saturated carbocycles. The standard InChI is InChI=1S/C8H15N3O3/c1-3-7(13)11-5(2)8(14)10-4-6(9)12/h5H,3-4H2,1-2H3,(H2,9,12)(H,10,14)(H,11,13)/t5-/m0/s1. The van der Waals surface area contributed by atoms with Gasteiger partial charge >= 0.3 is 0 Å². The van der Waals surface area contributed by atoms with Crippen LogP contribution in [0, 0.1) is 0 Å². The molecule has 0 aromatic carbocycles. The van der Waals surface area contributed by atoms with Gasteiger partial charge in [-0.15, -0.1) is 0 Å². The summed E-state index contributed by atoms with van der Waals surface area (Å²) in [6, 6.07) is -0.651. The van der Waals surface area contributed by atoms with Gasteiger partial charge in [0.25, 0.3) is 0 Å². The Labute approximate surface area is 82.2 Å². The number of nitrogens with one attached hydrogen (secondary N) is 2. The minimum atomic E-state index is -0.651. The number of primary amides is 1. The molecule has 4 N–H and O–H groups in total. The molecule has 0 aliphatic rings. The maximum atomic E-state index is 11.2. The van der Waals surface area contributed by atoms with E-state index in [4.69, 9.17) is 5.73 Å². The van der Waals surface area contributed by atoms with Crippen LogP contribution in [0.2, 0.25) is 0 Å². The zero-order valence-electron chi connectivity index (χ0n) is 8.29. The summed E-state index contributed by atoms with van der Waals surface area (Å²) in [5.74, 6) is -1.26. The first-order chi connectivity index (χ1) is 6.47. The largest absolute Gasteiger partial charge is 0.368 e. The molecule has 1 atom stereocenters. The number of carbonyl (C=O) groups is 3. The molecule has 0 aliphatic heterocycles. The van der Waals surface area contributed by atoms with Crippen molar-refractivity contribution in [2.75, 3.05) is 6.54 Å². The van der Waals surface area contributed by atoms with Gasteiger partial charge in [-0.3, -0.25) is 14.4 Å². The lowest BCUT2D eigenvalue weighted by Crippen LogP contribution is -2.46. The van der Waals surface area contributed by atoms with Gasteiger partial charge in [0, 0.05) is 6.42 Å². The highest BCUT2D eigenvalue weighted by molar-refractivity contribution is 5.89. The van der Waals surface area contributed by atoms with Crippen molar-refractivity contribution in [3.05, 3.63) is 0 Å². The number of rotatable bonds is 5. The fraction of sp³-hybridized carbons (Fsp3) is 0.625. The second-order valence-corrected chi connectivity index (χ2v) is 2.83. The maximum Gasteiger partial charge on any atom is 0.242 e. The molecule has 0 rings (SSSR count). The van der Waals surface area contributed by atoms with Crippen molar-refractivity contribution in [3.8, 4) is 0 Å². The third-order valence-corrected chi connectivity index (χ3v) is 1.53. The fourth-order valence-corrected chi connectivity index (χ4v) is 0.736. The van der Waals surface area contributed by atoms with Crippen LogP contribution in [-0.4, -0.2) is 30.3 Å². The van der Waals surface area contributed by atoms with Gasteiger partial charge in [0.1, 0.15) is 6.04 Å². The third-order valence-electron chi connectivity index (χ3n) is 1.53. The lowest BCUT2D eigenvalue weighted by Gasteiger charge is -2.12. The molecule has 3 amide bonds. The van der Waals surface area contributed by atoms with Crippen LogP contribution >= 0.6 is 0 Å². The molecule has 0 aromatic rings. The zero-order valence-corrected chi connectivity index (χ0v) is 8.29. The lowest BCUT2D eigenvalue weighted by atomic mass is 10.3. The number of hydrogen-bond acceptors (Lipinski definition) is 3. The predicted molar refractivity (Wildman–Crippen MR) is 50.1 cm³/mol. The van der Waals surface area contributed by atoms with E-state index in [0.717, 1.165) is 0 Å². The van der Waals surface area contributed by atoms with Crippen molar-refractivity contribution in [2.24, 2.45) is 5.73 Å². The maximum absolute atomic E-state index is 11.2. The molecule has 0 heterocycles. The molecule has 6 heteroatoms. The van der Waals surface area contributed by atoms with Gasteiger partial charge in [0.2, 0.25) is 17.7 Å². The molecular formula is C8H15N3O3. The van der Waals surface area contributed by atoms with E-state index in [1.54, 1.807) is 6.92 Å². The van der Waals surface area contributed by atoms with Crippen molar-refractivity contribution in [3.63, 3.8) is 0 Å². The van der Waals surface area contributed by atoms with E-state index < -0.39 is 17.9 Å².